The van der Waals surface area contributed by atoms with E-state index in [4.69, 9.17) is 15.4 Å². The van der Waals surface area contributed by atoms with Crippen molar-refractivity contribution >= 4 is 64.8 Å². The van der Waals surface area contributed by atoms with Gasteiger partial charge in [-0.2, -0.15) is 0 Å². The van der Waals surface area contributed by atoms with Crippen LogP contribution in [-0.4, -0.2) is 40.0 Å². The van der Waals surface area contributed by atoms with Gasteiger partial charge in [0.05, 0.1) is 6.10 Å². The number of benzene rings is 5. The minimum absolute atomic E-state index is 0.0480. The molecule has 1 fully saturated rings. The van der Waals surface area contributed by atoms with Crippen LogP contribution in [0.5, 0.6) is 0 Å². The molecule has 0 radical (unpaired) electrons. The predicted molar refractivity (Wildman–Crippen MR) is 271 cm³/mol. The maximum absolute atomic E-state index is 18.8. The van der Waals surface area contributed by atoms with Gasteiger partial charge in [0.25, 0.3) is 16.6 Å². The van der Waals surface area contributed by atoms with E-state index in [9.17, 15) is 9.90 Å². The number of halogens is 1. The van der Waals surface area contributed by atoms with Gasteiger partial charge < -0.3 is 14.0 Å². The predicted octanol–water partition coefficient (Wildman–Crippen LogP) is 12.6. The highest BCUT2D eigenvalue weighted by Gasteiger charge is 2.56. The second-order valence-corrected chi connectivity index (χ2v) is 29.2. The van der Waals surface area contributed by atoms with Crippen LogP contribution in [0.25, 0.3) is 10.1 Å². The Kier molecular flexibility index (Phi) is 14.9. The van der Waals surface area contributed by atoms with Crippen LogP contribution in [0.3, 0.4) is 0 Å². The molecule has 7 rings (SSSR count). The molecule has 5 atom stereocenters. The summed E-state index contributed by atoms with van der Waals surface area (Å²) in [6.07, 6.45) is 4.58. The van der Waals surface area contributed by atoms with Crippen LogP contribution in [0.15, 0.2) is 176 Å². The van der Waals surface area contributed by atoms with Gasteiger partial charge in [-0.3, -0.25) is 4.79 Å². The van der Waals surface area contributed by atoms with E-state index in [-0.39, 0.29) is 40.9 Å². The minimum atomic E-state index is -3.23. The van der Waals surface area contributed by atoms with Crippen LogP contribution in [-0.2, 0) is 13.6 Å². The Morgan fingerprint density at radius 1 is 0.750 bits per heavy atom. The van der Waals surface area contributed by atoms with Crippen LogP contribution >= 0.6 is 11.3 Å². The second kappa shape index (κ2) is 20.2. The first-order chi connectivity index (χ1) is 30.7. The summed E-state index contributed by atoms with van der Waals surface area (Å²) in [5.41, 5.74) is 1.07. The second-order valence-electron chi connectivity index (χ2n) is 19.6. The van der Waals surface area contributed by atoms with Crippen molar-refractivity contribution in [1.82, 2.24) is 0 Å². The van der Waals surface area contributed by atoms with E-state index in [1.807, 2.05) is 24.3 Å². The van der Waals surface area contributed by atoms with Crippen molar-refractivity contribution in [2.75, 3.05) is 0 Å². The van der Waals surface area contributed by atoms with Gasteiger partial charge >= 0.3 is 5.97 Å². The number of aliphatic carboxylic acids is 1. The quantitative estimate of drug-likeness (QED) is 0.0530. The Hall–Kier alpha value is -4.71. The maximum Gasteiger partial charge on any atom is 0.303 e. The molecule has 334 valence electrons. The van der Waals surface area contributed by atoms with Gasteiger partial charge in [0.2, 0.25) is 0 Å². The Bertz CT molecular complexity index is 2360. The van der Waals surface area contributed by atoms with E-state index >= 15 is 4.39 Å². The normalized spacial score (nSPS) is 18.4. The Balaban J connectivity index is 1.36. The molecule has 4 nitrogen and oxygen atoms in total. The van der Waals surface area contributed by atoms with Crippen molar-refractivity contribution in [3.8, 4) is 0 Å². The van der Waals surface area contributed by atoms with Gasteiger partial charge in [0.15, 0.2) is 0 Å². The fourth-order valence-electron chi connectivity index (χ4n) is 10.3. The molecule has 1 saturated carbocycles. The highest BCUT2D eigenvalue weighted by atomic mass is 32.1. The average Bonchev–Trinajstić information content (AvgIpc) is 3.84. The van der Waals surface area contributed by atoms with Gasteiger partial charge in [-0.05, 0) is 92.3 Å². The summed E-state index contributed by atoms with van der Waals surface area (Å²) in [5.74, 6) is -1.05. The van der Waals surface area contributed by atoms with Gasteiger partial charge in [-0.15, -0.1) is 11.3 Å². The number of carboxylic acid groups (broad SMARTS) is 1. The molecule has 1 heterocycles. The number of allylic oxidation sites excluding steroid dienone is 2. The fourth-order valence-corrected chi connectivity index (χ4v) is 20.9. The first kappa shape index (κ1) is 47.3. The molecule has 6 aromatic rings. The molecule has 1 aromatic heterocycles. The molecule has 0 amide bonds. The van der Waals surface area contributed by atoms with Crippen molar-refractivity contribution in [3.63, 3.8) is 0 Å². The standard InChI is InChI=1S/C56H65FO4SSi2/c1-41-38-50(60-63(55(2,3)4,43-27-14-10-15-28-43)44-29-16-11-17-30-44)48(47(41)35-22-8-9-23-37-53(58)59)40-49(57)54(52-39-42-26-24-25-36-51(42)62-52)61-64(56(5,6)7,45-31-18-12-19-32-45)46-33-20-13-21-34-46/h8,10-22,24-34,36,39,47-50,54H,1,9,23,35,37-38,40H2,2-7H3,(H,58,59)/b22-8-/t47-,48+,49?,50+,54?/m0/s1. The Labute approximate surface area is 387 Å². The summed E-state index contributed by atoms with van der Waals surface area (Å²) >= 11 is 1.63. The Morgan fingerprint density at radius 3 is 1.72 bits per heavy atom. The molecular weight excluding hydrogens is 844 g/mol. The lowest BCUT2D eigenvalue weighted by molar-refractivity contribution is -0.137. The van der Waals surface area contributed by atoms with Crippen LogP contribution in [0.4, 0.5) is 4.39 Å². The third kappa shape index (κ3) is 9.92. The first-order valence-corrected chi connectivity index (χ1v) is 27.5. The number of hydrogen-bond acceptors (Lipinski definition) is 4. The maximum atomic E-state index is 18.8. The molecule has 64 heavy (non-hydrogen) atoms. The van der Waals surface area contributed by atoms with Gasteiger partial charge in [-0.25, -0.2) is 4.39 Å². The van der Waals surface area contributed by atoms with Crippen molar-refractivity contribution in [2.24, 2.45) is 11.8 Å². The van der Waals surface area contributed by atoms with E-state index < -0.39 is 34.9 Å². The molecule has 2 unspecified atom stereocenters. The van der Waals surface area contributed by atoms with Crippen molar-refractivity contribution in [3.05, 3.63) is 181 Å². The molecule has 0 aliphatic heterocycles. The summed E-state index contributed by atoms with van der Waals surface area (Å²) in [6, 6.07) is 52.9. The van der Waals surface area contributed by atoms with Crippen molar-refractivity contribution in [1.29, 1.82) is 0 Å². The molecular formula is C56H65FO4SSi2. The van der Waals surface area contributed by atoms with Gasteiger partial charge in [0.1, 0.15) is 12.3 Å². The number of carboxylic acids is 1. The van der Waals surface area contributed by atoms with E-state index in [0.29, 0.717) is 25.7 Å². The van der Waals surface area contributed by atoms with Gasteiger partial charge in [-0.1, -0.05) is 205 Å². The number of carbonyl (C=O) groups is 1. The van der Waals surface area contributed by atoms with Crippen LogP contribution in [0, 0.1) is 11.8 Å². The van der Waals surface area contributed by atoms with Crippen LogP contribution < -0.4 is 20.7 Å². The molecule has 8 heteroatoms. The minimum Gasteiger partial charge on any atom is -0.481 e. The molecule has 0 bridgehead atoms. The summed E-state index contributed by atoms with van der Waals surface area (Å²) in [6.45, 7) is 18.3. The smallest absolute Gasteiger partial charge is 0.303 e. The lowest BCUT2D eigenvalue weighted by Gasteiger charge is -2.47. The molecule has 1 aliphatic carbocycles. The van der Waals surface area contributed by atoms with Gasteiger partial charge in [0, 0.05) is 16.0 Å². The molecule has 1 N–H and O–H groups in total. The zero-order valence-corrected chi connectivity index (χ0v) is 41.2. The van der Waals surface area contributed by atoms with E-state index in [1.165, 1.54) is 10.4 Å². The van der Waals surface area contributed by atoms with Crippen LogP contribution in [0.1, 0.15) is 91.0 Å². The lowest BCUT2D eigenvalue weighted by Crippen LogP contribution is -2.68. The van der Waals surface area contributed by atoms with Crippen molar-refractivity contribution < 1.29 is 23.1 Å². The summed E-state index contributed by atoms with van der Waals surface area (Å²) in [5, 5.41) is 14.3. The number of thiophene rings is 1. The number of alkyl halides is 1. The monoisotopic (exact) mass is 908 g/mol. The molecule has 1 aliphatic rings. The lowest BCUT2D eigenvalue weighted by atomic mass is 9.85. The number of rotatable bonds is 18. The zero-order chi connectivity index (χ0) is 45.5. The van der Waals surface area contributed by atoms with E-state index in [0.717, 1.165) is 30.9 Å². The fraction of sp³-hybridized carbons (Fsp3) is 0.339. The highest BCUT2D eigenvalue weighted by molar-refractivity contribution is 7.19. The highest BCUT2D eigenvalue weighted by Crippen LogP contribution is 2.50. The SMILES string of the molecule is C=C1C[C@@H](O[Si](c2ccccc2)(c2ccccc2)C(C)(C)C)[C@H](CC(F)C(O[Si](c2ccccc2)(c2ccccc2)C(C)(C)C)c2cc3ccccc3s2)[C@H]1C/C=C\CCCC(=O)O. The van der Waals surface area contributed by atoms with Crippen LogP contribution in [0.2, 0.25) is 10.1 Å². The summed E-state index contributed by atoms with van der Waals surface area (Å²) < 4.78 is 35.7. The van der Waals surface area contributed by atoms with E-state index in [1.54, 1.807) is 11.3 Å². The first-order valence-electron chi connectivity index (χ1n) is 22.9. The summed E-state index contributed by atoms with van der Waals surface area (Å²) in [4.78, 5) is 12.2. The Morgan fingerprint density at radius 2 is 1.23 bits per heavy atom. The largest absolute Gasteiger partial charge is 0.481 e. The number of unbranched alkanes of at least 4 members (excludes halogenated alkanes) is 1. The molecule has 0 saturated heterocycles. The van der Waals surface area contributed by atoms with Crippen molar-refractivity contribution in [2.45, 2.75) is 109 Å². The topological polar surface area (TPSA) is 55.8 Å². The third-order valence-corrected chi connectivity index (χ3v) is 24.6. The molecule has 0 spiro atoms. The average molecular weight is 909 g/mol. The molecule has 5 aromatic carbocycles. The number of fused-ring (bicyclic) bond motifs is 1. The summed E-state index contributed by atoms with van der Waals surface area (Å²) in [7, 11) is -6.28. The third-order valence-electron chi connectivity index (χ3n) is 13.3. The van der Waals surface area contributed by atoms with E-state index in [2.05, 4.69) is 181 Å². The zero-order valence-electron chi connectivity index (χ0n) is 38.4. The number of hydrogen-bond donors (Lipinski definition) is 1.